The van der Waals surface area contributed by atoms with Crippen LogP contribution in [0.5, 0.6) is 0 Å². The van der Waals surface area contributed by atoms with Crippen molar-refractivity contribution in [2.45, 2.75) is 57.8 Å². The quantitative estimate of drug-likeness (QED) is 0.488. The van der Waals surface area contributed by atoms with Crippen molar-refractivity contribution >= 4 is 29.1 Å². The van der Waals surface area contributed by atoms with E-state index in [0.717, 1.165) is 0 Å². The minimum Gasteiger partial charge on any atom is -0.460 e. The summed E-state index contributed by atoms with van der Waals surface area (Å²) in [5.74, 6) is -1.85. The SMILES string of the molecule is CC(OC(=O)[C@@H](N)C(C)C)C(=O)OC[C@H]1O[C@@H](n2cnc3c(=O)[nH]c(N)nc32)CC1F. The smallest absolute Gasteiger partial charge is 0.347 e. The van der Waals surface area contributed by atoms with Crippen molar-refractivity contribution in [1.29, 1.82) is 0 Å². The van der Waals surface area contributed by atoms with Gasteiger partial charge in [-0.15, -0.1) is 0 Å². The zero-order valence-electron chi connectivity index (χ0n) is 17.3. The van der Waals surface area contributed by atoms with Crippen molar-refractivity contribution in [3.63, 3.8) is 0 Å². The number of H-pyrrole nitrogens is 1. The van der Waals surface area contributed by atoms with E-state index in [-0.39, 0.29) is 29.5 Å². The van der Waals surface area contributed by atoms with Crippen LogP contribution in [-0.2, 0) is 23.8 Å². The Balaban J connectivity index is 1.59. The molecular weight excluding hydrogens is 415 g/mol. The van der Waals surface area contributed by atoms with Gasteiger partial charge in [-0.3, -0.25) is 19.1 Å². The van der Waals surface area contributed by atoms with E-state index in [2.05, 4.69) is 15.0 Å². The second kappa shape index (κ2) is 8.98. The number of nitrogen functional groups attached to an aromatic ring is 1. The van der Waals surface area contributed by atoms with Crippen molar-refractivity contribution in [1.82, 2.24) is 19.5 Å². The number of hydrogen-bond donors (Lipinski definition) is 3. The normalized spacial score (nSPS) is 23.1. The van der Waals surface area contributed by atoms with Gasteiger partial charge in [-0.05, 0) is 12.8 Å². The summed E-state index contributed by atoms with van der Waals surface area (Å²) in [4.78, 5) is 46.1. The second-order valence-corrected chi connectivity index (χ2v) is 7.64. The summed E-state index contributed by atoms with van der Waals surface area (Å²) in [5, 5.41) is 0. The van der Waals surface area contributed by atoms with Crippen LogP contribution < -0.4 is 17.0 Å². The Hall–Kier alpha value is -3.06. The van der Waals surface area contributed by atoms with Crippen LogP contribution in [0.2, 0.25) is 0 Å². The van der Waals surface area contributed by atoms with Crippen LogP contribution in [0.15, 0.2) is 11.1 Å². The molecule has 5 N–H and O–H groups in total. The highest BCUT2D eigenvalue weighted by Crippen LogP contribution is 2.32. The number of nitrogens with one attached hydrogen (secondary N) is 1. The van der Waals surface area contributed by atoms with E-state index in [0.29, 0.717) is 0 Å². The summed E-state index contributed by atoms with van der Waals surface area (Å²) in [6.45, 7) is 4.43. The average Bonchev–Trinajstić information content (AvgIpc) is 3.28. The number of nitrogens with two attached hydrogens (primary N) is 2. The molecule has 0 bridgehead atoms. The van der Waals surface area contributed by atoms with Gasteiger partial charge >= 0.3 is 11.9 Å². The molecule has 3 rings (SSSR count). The Labute approximate surface area is 176 Å². The average molecular weight is 440 g/mol. The Morgan fingerprint density at radius 2 is 2.10 bits per heavy atom. The number of aromatic nitrogens is 4. The Kier molecular flexibility index (Phi) is 6.55. The molecule has 5 atom stereocenters. The molecular formula is C18H25FN6O6. The van der Waals surface area contributed by atoms with E-state index >= 15 is 0 Å². The van der Waals surface area contributed by atoms with Crippen LogP contribution in [-0.4, -0.2) is 62.5 Å². The number of alkyl halides is 1. The molecule has 0 spiro atoms. The standard InChI is InChI=1S/C18H25FN6O6/c1-7(2)12(20)17(28)30-8(3)16(27)29-5-10-9(19)4-11(31-10)25-6-22-13-14(25)23-18(21)24-15(13)26/h6-12H,4-5,20H2,1-3H3,(H3,21,23,24,26)/t8?,9?,10-,11-,12+/m1/s1. The Morgan fingerprint density at radius 1 is 1.39 bits per heavy atom. The van der Waals surface area contributed by atoms with Crippen LogP contribution in [0, 0.1) is 5.92 Å². The Bertz CT molecular complexity index is 1020. The number of carbonyl (C=O) groups excluding carboxylic acids is 2. The first-order chi connectivity index (χ1) is 14.6. The third kappa shape index (κ3) is 4.82. The molecule has 2 aromatic rings. The topological polar surface area (TPSA) is 177 Å². The highest BCUT2D eigenvalue weighted by Gasteiger charge is 2.38. The molecule has 1 aliphatic rings. The molecule has 2 aromatic heterocycles. The lowest BCUT2D eigenvalue weighted by Gasteiger charge is -2.19. The summed E-state index contributed by atoms with van der Waals surface area (Å²) >= 11 is 0. The fraction of sp³-hybridized carbons (Fsp3) is 0.611. The van der Waals surface area contributed by atoms with E-state index in [1.54, 1.807) is 13.8 Å². The zero-order valence-corrected chi connectivity index (χ0v) is 17.3. The van der Waals surface area contributed by atoms with Crippen LogP contribution in [0.3, 0.4) is 0 Å². The molecule has 31 heavy (non-hydrogen) atoms. The van der Waals surface area contributed by atoms with E-state index in [9.17, 15) is 18.8 Å². The molecule has 0 radical (unpaired) electrons. The maximum Gasteiger partial charge on any atom is 0.347 e. The van der Waals surface area contributed by atoms with Crippen molar-refractivity contribution in [3.05, 3.63) is 16.7 Å². The third-order valence-corrected chi connectivity index (χ3v) is 4.93. The number of fused-ring (bicyclic) bond motifs is 1. The number of ether oxygens (including phenoxy) is 3. The molecule has 13 heteroatoms. The van der Waals surface area contributed by atoms with Gasteiger partial charge in [0, 0.05) is 6.42 Å². The van der Waals surface area contributed by atoms with E-state index in [4.69, 9.17) is 25.7 Å². The van der Waals surface area contributed by atoms with Gasteiger partial charge < -0.3 is 25.7 Å². The first-order valence-corrected chi connectivity index (χ1v) is 9.73. The van der Waals surface area contributed by atoms with Gasteiger partial charge in [-0.25, -0.2) is 14.2 Å². The summed E-state index contributed by atoms with van der Waals surface area (Å²) < 4.78 is 31.6. The minimum absolute atomic E-state index is 0.0401. The maximum absolute atomic E-state index is 14.5. The van der Waals surface area contributed by atoms with E-state index in [1.165, 1.54) is 17.8 Å². The summed E-state index contributed by atoms with van der Waals surface area (Å²) in [7, 11) is 0. The number of anilines is 1. The van der Waals surface area contributed by atoms with Gasteiger partial charge in [0.1, 0.15) is 31.2 Å². The summed E-state index contributed by atoms with van der Waals surface area (Å²) in [6, 6.07) is -0.871. The number of esters is 2. The van der Waals surface area contributed by atoms with Gasteiger partial charge in [0.25, 0.3) is 5.56 Å². The van der Waals surface area contributed by atoms with Crippen molar-refractivity contribution in [2.75, 3.05) is 12.3 Å². The third-order valence-electron chi connectivity index (χ3n) is 4.93. The lowest BCUT2D eigenvalue weighted by Crippen LogP contribution is -2.40. The van der Waals surface area contributed by atoms with Crippen molar-refractivity contribution in [2.24, 2.45) is 11.7 Å². The molecule has 0 aromatic carbocycles. The molecule has 0 amide bonds. The molecule has 2 unspecified atom stereocenters. The number of halogens is 1. The van der Waals surface area contributed by atoms with Crippen LogP contribution in [0.25, 0.3) is 11.2 Å². The van der Waals surface area contributed by atoms with Crippen molar-refractivity contribution < 1.29 is 28.2 Å². The number of imidazole rings is 1. The van der Waals surface area contributed by atoms with Crippen LogP contribution in [0.4, 0.5) is 10.3 Å². The lowest BCUT2D eigenvalue weighted by atomic mass is 10.1. The van der Waals surface area contributed by atoms with Gasteiger partial charge in [0.15, 0.2) is 17.3 Å². The molecule has 12 nitrogen and oxygen atoms in total. The van der Waals surface area contributed by atoms with E-state index < -0.39 is 54.8 Å². The minimum atomic E-state index is -1.46. The first-order valence-electron chi connectivity index (χ1n) is 9.73. The van der Waals surface area contributed by atoms with E-state index in [1.807, 2.05) is 0 Å². The highest BCUT2D eigenvalue weighted by molar-refractivity contribution is 5.81. The molecule has 3 heterocycles. The van der Waals surface area contributed by atoms with Gasteiger partial charge in [0.2, 0.25) is 5.95 Å². The molecule has 170 valence electrons. The number of hydrogen-bond acceptors (Lipinski definition) is 10. The number of nitrogens with zero attached hydrogens (tertiary/aromatic N) is 3. The van der Waals surface area contributed by atoms with Crippen molar-refractivity contribution in [3.8, 4) is 0 Å². The molecule has 1 fully saturated rings. The fourth-order valence-electron chi connectivity index (χ4n) is 3.02. The lowest BCUT2D eigenvalue weighted by molar-refractivity contribution is -0.171. The maximum atomic E-state index is 14.5. The predicted molar refractivity (Wildman–Crippen MR) is 105 cm³/mol. The second-order valence-electron chi connectivity index (χ2n) is 7.64. The number of rotatable bonds is 7. The molecule has 0 aliphatic carbocycles. The summed E-state index contributed by atoms with van der Waals surface area (Å²) in [6.07, 6.45) is -3.32. The van der Waals surface area contributed by atoms with Crippen LogP contribution >= 0.6 is 0 Å². The Morgan fingerprint density at radius 3 is 2.77 bits per heavy atom. The number of carbonyl (C=O) groups is 2. The highest BCUT2D eigenvalue weighted by atomic mass is 19.1. The monoisotopic (exact) mass is 440 g/mol. The fourth-order valence-corrected chi connectivity index (χ4v) is 3.02. The molecule has 0 saturated carbocycles. The van der Waals surface area contributed by atoms with Gasteiger partial charge in [0.05, 0.1) is 6.33 Å². The molecule has 1 aliphatic heterocycles. The van der Waals surface area contributed by atoms with Gasteiger partial charge in [-0.1, -0.05) is 13.8 Å². The predicted octanol–water partition coefficient (Wildman–Crippen LogP) is -0.214. The first kappa shape index (κ1) is 22.6. The number of aromatic amines is 1. The van der Waals surface area contributed by atoms with Gasteiger partial charge in [-0.2, -0.15) is 4.98 Å². The molecule has 1 saturated heterocycles. The summed E-state index contributed by atoms with van der Waals surface area (Å²) in [5.41, 5.74) is 10.9. The largest absolute Gasteiger partial charge is 0.460 e. The zero-order chi connectivity index (χ0) is 22.9. The van der Waals surface area contributed by atoms with Crippen LogP contribution in [0.1, 0.15) is 33.4 Å².